The maximum Gasteiger partial charge on any atom is 0.225 e. The molecule has 1 aromatic heterocycles. The lowest BCUT2D eigenvalue weighted by molar-refractivity contribution is 0.307. The molecule has 3 rings (SSSR count). The van der Waals surface area contributed by atoms with Crippen molar-refractivity contribution in [3.63, 3.8) is 0 Å². The summed E-state index contributed by atoms with van der Waals surface area (Å²) in [5.74, 6) is 0.790. The zero-order valence-electron chi connectivity index (χ0n) is 12.3. The quantitative estimate of drug-likeness (QED) is 0.836. The van der Waals surface area contributed by atoms with E-state index in [1.165, 1.54) is 11.1 Å². The first kappa shape index (κ1) is 13.1. The molecule has 0 radical (unpaired) electrons. The second-order valence-electron chi connectivity index (χ2n) is 5.55. The van der Waals surface area contributed by atoms with Crippen LogP contribution in [0.2, 0.25) is 0 Å². The molecule has 0 bridgehead atoms. The van der Waals surface area contributed by atoms with E-state index < -0.39 is 0 Å². The summed E-state index contributed by atoms with van der Waals surface area (Å²) in [5.41, 5.74) is 4.74. The van der Waals surface area contributed by atoms with Crippen LogP contribution in [0.3, 0.4) is 0 Å². The first-order valence-corrected chi connectivity index (χ1v) is 6.96. The molecule has 4 heteroatoms. The zero-order chi connectivity index (χ0) is 14.1. The van der Waals surface area contributed by atoms with Gasteiger partial charge in [-0.3, -0.25) is 0 Å². The van der Waals surface area contributed by atoms with Gasteiger partial charge in [0.15, 0.2) is 0 Å². The van der Waals surface area contributed by atoms with E-state index in [1.54, 1.807) is 0 Å². The molecule has 1 aliphatic heterocycles. The number of hydrogen-bond acceptors (Lipinski definition) is 4. The van der Waals surface area contributed by atoms with E-state index >= 15 is 0 Å². The third-order valence-electron chi connectivity index (χ3n) is 3.69. The highest BCUT2D eigenvalue weighted by atomic mass is 15.2. The highest BCUT2D eigenvalue weighted by Gasteiger charge is 2.21. The van der Waals surface area contributed by atoms with Crippen LogP contribution in [0.15, 0.2) is 30.3 Å². The number of rotatable bonds is 2. The minimum absolute atomic E-state index is 0.790. The number of hydrogen-bond donors (Lipinski definition) is 0. The largest absolute Gasteiger partial charge is 0.347 e. The molecule has 0 unspecified atom stereocenters. The summed E-state index contributed by atoms with van der Waals surface area (Å²) in [5, 5.41) is 0. The van der Waals surface area contributed by atoms with Crippen LogP contribution in [-0.4, -0.2) is 42.6 Å². The van der Waals surface area contributed by atoms with Gasteiger partial charge in [0.2, 0.25) is 5.95 Å². The highest BCUT2D eigenvalue weighted by Crippen LogP contribution is 2.29. The van der Waals surface area contributed by atoms with Crippen LogP contribution in [0.1, 0.15) is 11.3 Å². The standard InChI is InChI=1S/C16H20N4/c1-19(2)16-17-14-11-20(3)10-9-13(14)15(18-16)12-7-5-4-6-8-12/h4-8H,9-11H2,1-3H3. The monoisotopic (exact) mass is 268 g/mol. The fraction of sp³-hybridized carbons (Fsp3) is 0.375. The predicted octanol–water partition coefficient (Wildman–Crippen LogP) is 2.20. The molecule has 0 saturated carbocycles. The zero-order valence-corrected chi connectivity index (χ0v) is 12.3. The topological polar surface area (TPSA) is 32.3 Å². The predicted molar refractivity (Wildman–Crippen MR) is 81.8 cm³/mol. The molecular weight excluding hydrogens is 248 g/mol. The molecule has 20 heavy (non-hydrogen) atoms. The van der Waals surface area contributed by atoms with Gasteiger partial charge in [0.05, 0.1) is 11.4 Å². The summed E-state index contributed by atoms with van der Waals surface area (Å²) in [6.07, 6.45) is 1.02. The first-order valence-electron chi connectivity index (χ1n) is 6.96. The number of anilines is 1. The third kappa shape index (κ3) is 2.39. The Balaban J connectivity index is 2.17. The normalized spacial score (nSPS) is 14.9. The Morgan fingerprint density at radius 3 is 2.55 bits per heavy atom. The summed E-state index contributed by atoms with van der Waals surface area (Å²) < 4.78 is 0. The van der Waals surface area contributed by atoms with Gasteiger partial charge >= 0.3 is 0 Å². The van der Waals surface area contributed by atoms with Gasteiger partial charge in [-0.1, -0.05) is 30.3 Å². The van der Waals surface area contributed by atoms with Crippen molar-refractivity contribution in [3.8, 4) is 11.3 Å². The molecule has 0 fully saturated rings. The summed E-state index contributed by atoms with van der Waals surface area (Å²) in [4.78, 5) is 13.8. The molecule has 2 heterocycles. The molecule has 2 aromatic rings. The Kier molecular flexibility index (Phi) is 3.40. The van der Waals surface area contributed by atoms with Gasteiger partial charge in [-0.25, -0.2) is 9.97 Å². The maximum absolute atomic E-state index is 4.78. The minimum atomic E-state index is 0.790. The van der Waals surface area contributed by atoms with Crippen LogP contribution in [0, 0.1) is 0 Å². The summed E-state index contributed by atoms with van der Waals surface area (Å²) >= 11 is 0. The van der Waals surface area contributed by atoms with E-state index in [0.29, 0.717) is 0 Å². The van der Waals surface area contributed by atoms with Gasteiger partial charge in [-0.05, 0) is 13.5 Å². The summed E-state index contributed by atoms with van der Waals surface area (Å²) in [6.45, 7) is 1.97. The summed E-state index contributed by atoms with van der Waals surface area (Å²) in [7, 11) is 6.12. The van der Waals surface area contributed by atoms with Crippen LogP contribution in [0.4, 0.5) is 5.95 Å². The van der Waals surface area contributed by atoms with Crippen LogP contribution in [0.5, 0.6) is 0 Å². The Morgan fingerprint density at radius 1 is 1.10 bits per heavy atom. The van der Waals surface area contributed by atoms with Crippen LogP contribution in [-0.2, 0) is 13.0 Å². The molecule has 0 spiro atoms. The van der Waals surface area contributed by atoms with Crippen molar-refractivity contribution in [2.75, 3.05) is 32.6 Å². The third-order valence-corrected chi connectivity index (χ3v) is 3.69. The van der Waals surface area contributed by atoms with Crippen LogP contribution >= 0.6 is 0 Å². The fourth-order valence-corrected chi connectivity index (χ4v) is 2.58. The van der Waals surface area contributed by atoms with Crippen molar-refractivity contribution in [3.05, 3.63) is 41.6 Å². The van der Waals surface area contributed by atoms with Gasteiger partial charge < -0.3 is 9.80 Å². The van der Waals surface area contributed by atoms with E-state index in [1.807, 2.05) is 25.1 Å². The van der Waals surface area contributed by atoms with Gasteiger partial charge in [0.1, 0.15) is 0 Å². The van der Waals surface area contributed by atoms with E-state index in [-0.39, 0.29) is 0 Å². The van der Waals surface area contributed by atoms with Crippen molar-refractivity contribution < 1.29 is 0 Å². The highest BCUT2D eigenvalue weighted by molar-refractivity contribution is 5.65. The molecule has 0 amide bonds. The molecule has 1 aliphatic rings. The van der Waals surface area contributed by atoms with Gasteiger partial charge in [-0.15, -0.1) is 0 Å². The Hall–Kier alpha value is -1.94. The van der Waals surface area contributed by atoms with Gasteiger partial charge in [-0.2, -0.15) is 0 Å². The molecule has 0 atom stereocenters. The number of nitrogens with zero attached hydrogens (tertiary/aromatic N) is 4. The Bertz CT molecular complexity index is 607. The van der Waals surface area contributed by atoms with E-state index in [9.17, 15) is 0 Å². The summed E-state index contributed by atoms with van der Waals surface area (Å²) in [6, 6.07) is 10.4. The molecule has 0 saturated heterocycles. The van der Waals surface area contributed by atoms with Crippen molar-refractivity contribution >= 4 is 5.95 Å². The van der Waals surface area contributed by atoms with Crippen molar-refractivity contribution in [1.29, 1.82) is 0 Å². The molecule has 4 nitrogen and oxygen atoms in total. The molecular formula is C16H20N4. The lowest BCUT2D eigenvalue weighted by Gasteiger charge is -2.27. The van der Waals surface area contributed by atoms with Crippen LogP contribution < -0.4 is 4.90 Å². The molecule has 0 aliphatic carbocycles. The van der Waals surface area contributed by atoms with E-state index in [4.69, 9.17) is 9.97 Å². The van der Waals surface area contributed by atoms with Crippen LogP contribution in [0.25, 0.3) is 11.3 Å². The second-order valence-corrected chi connectivity index (χ2v) is 5.55. The van der Waals surface area contributed by atoms with E-state index in [0.717, 1.165) is 36.8 Å². The fourth-order valence-electron chi connectivity index (χ4n) is 2.58. The van der Waals surface area contributed by atoms with Gasteiger partial charge in [0, 0.05) is 38.3 Å². The Labute approximate surface area is 120 Å². The van der Waals surface area contributed by atoms with Crippen molar-refractivity contribution in [2.45, 2.75) is 13.0 Å². The minimum Gasteiger partial charge on any atom is -0.347 e. The molecule has 1 aromatic carbocycles. The smallest absolute Gasteiger partial charge is 0.225 e. The SMILES string of the molecule is CN1CCc2c(nc(N(C)C)nc2-c2ccccc2)C1. The first-order chi connectivity index (χ1) is 9.65. The van der Waals surface area contributed by atoms with Gasteiger partial charge in [0.25, 0.3) is 0 Å². The van der Waals surface area contributed by atoms with Crippen molar-refractivity contribution in [1.82, 2.24) is 14.9 Å². The maximum atomic E-state index is 4.78. The second kappa shape index (κ2) is 5.21. The van der Waals surface area contributed by atoms with Crippen molar-refractivity contribution in [2.24, 2.45) is 0 Å². The lowest BCUT2D eigenvalue weighted by atomic mass is 9.99. The number of likely N-dealkylation sites (N-methyl/N-ethyl adjacent to an activating group) is 1. The number of benzene rings is 1. The average Bonchev–Trinajstić information content (AvgIpc) is 2.46. The Morgan fingerprint density at radius 2 is 1.85 bits per heavy atom. The number of aromatic nitrogens is 2. The average molecular weight is 268 g/mol. The lowest BCUT2D eigenvalue weighted by Crippen LogP contribution is -2.29. The number of fused-ring (bicyclic) bond motifs is 1. The molecule has 0 N–H and O–H groups in total. The molecule has 104 valence electrons. The van der Waals surface area contributed by atoms with E-state index in [2.05, 4.69) is 36.2 Å².